The van der Waals surface area contributed by atoms with Gasteiger partial charge in [-0.1, -0.05) is 103 Å². The van der Waals surface area contributed by atoms with Gasteiger partial charge in [-0.3, -0.25) is 14.4 Å². The monoisotopic (exact) mass is 633 g/mol. The van der Waals surface area contributed by atoms with Crippen molar-refractivity contribution in [3.8, 4) is 0 Å². The molecule has 0 saturated carbocycles. The number of fused-ring (bicyclic) bond motifs is 2. The largest absolute Gasteiger partial charge is 0.394 e. The van der Waals surface area contributed by atoms with E-state index in [4.69, 9.17) is 0 Å². The third-order valence-electron chi connectivity index (χ3n) is 10.2. The third kappa shape index (κ3) is 4.64. The fourth-order valence-corrected chi connectivity index (χ4v) is 10.4. The van der Waals surface area contributed by atoms with E-state index in [-0.39, 0.29) is 24.3 Å². The molecule has 1 unspecified atom stereocenters. The first kappa shape index (κ1) is 30.5. The van der Waals surface area contributed by atoms with Gasteiger partial charge >= 0.3 is 0 Å². The van der Waals surface area contributed by atoms with Gasteiger partial charge in [0.05, 0.1) is 29.2 Å². The van der Waals surface area contributed by atoms with Crippen LogP contribution >= 0.6 is 11.8 Å². The van der Waals surface area contributed by atoms with Crippen LogP contribution in [0.15, 0.2) is 103 Å². The first-order valence-electron chi connectivity index (χ1n) is 15.9. The molecule has 8 heteroatoms. The average Bonchev–Trinajstić information content (AvgIpc) is 3.32. The van der Waals surface area contributed by atoms with Crippen molar-refractivity contribution in [1.29, 1.82) is 0 Å². The van der Waals surface area contributed by atoms with E-state index < -0.39 is 33.4 Å². The lowest BCUT2D eigenvalue weighted by Gasteiger charge is -2.40. The number of anilines is 1. The van der Waals surface area contributed by atoms with Gasteiger partial charge < -0.3 is 19.8 Å². The summed E-state index contributed by atoms with van der Waals surface area (Å²) in [5.74, 6) is -2.04. The number of aliphatic hydroxyl groups is 1. The predicted molar refractivity (Wildman–Crippen MR) is 181 cm³/mol. The highest BCUT2D eigenvalue weighted by atomic mass is 32.2. The lowest BCUT2D eigenvalue weighted by molar-refractivity contribution is -0.145. The molecule has 1 N–H and O–H groups in total. The Hall–Kier alpha value is -4.14. The van der Waals surface area contributed by atoms with E-state index in [9.17, 15) is 9.90 Å². The van der Waals surface area contributed by atoms with Crippen LogP contribution in [0.2, 0.25) is 0 Å². The summed E-state index contributed by atoms with van der Waals surface area (Å²) in [4.78, 5) is 50.1. The average molecular weight is 634 g/mol. The summed E-state index contributed by atoms with van der Waals surface area (Å²) in [6.07, 6.45) is 8.16. The zero-order valence-corrected chi connectivity index (χ0v) is 27.2. The zero-order valence-electron chi connectivity index (χ0n) is 26.4. The molecule has 7 rings (SSSR count). The number of para-hydroxylation sites is 1. The van der Waals surface area contributed by atoms with Crippen LogP contribution in [0.5, 0.6) is 0 Å². The van der Waals surface area contributed by atoms with E-state index in [0.29, 0.717) is 19.6 Å². The van der Waals surface area contributed by atoms with Crippen molar-refractivity contribution in [2.75, 3.05) is 24.6 Å². The number of likely N-dealkylation sites (tertiary alicyclic amines) is 1. The van der Waals surface area contributed by atoms with Crippen LogP contribution < -0.4 is 4.90 Å². The van der Waals surface area contributed by atoms with E-state index in [0.717, 1.165) is 27.9 Å². The molecule has 236 valence electrons. The molecule has 6 atom stereocenters. The van der Waals surface area contributed by atoms with Crippen LogP contribution in [0.4, 0.5) is 5.69 Å². The van der Waals surface area contributed by atoms with Crippen LogP contribution in [0, 0.1) is 25.7 Å². The summed E-state index contributed by atoms with van der Waals surface area (Å²) >= 11 is 1.56. The molecule has 46 heavy (non-hydrogen) atoms. The van der Waals surface area contributed by atoms with Crippen LogP contribution in [-0.4, -0.2) is 67.9 Å². The van der Waals surface area contributed by atoms with Gasteiger partial charge in [0, 0.05) is 30.1 Å². The van der Waals surface area contributed by atoms with Crippen molar-refractivity contribution in [2.45, 2.75) is 48.9 Å². The molecule has 3 amide bonds. The highest BCUT2D eigenvalue weighted by Gasteiger charge is 2.74. The van der Waals surface area contributed by atoms with Crippen molar-refractivity contribution < 1.29 is 19.5 Å². The molecule has 4 aliphatic rings. The second kappa shape index (κ2) is 11.6. The molecule has 2 fully saturated rings. The number of nitrogens with zero attached hydrogens (tertiary/aromatic N) is 3. The fraction of sp³-hybridized carbons (Fsp3) is 0.342. The van der Waals surface area contributed by atoms with E-state index in [1.54, 1.807) is 21.6 Å². The summed E-state index contributed by atoms with van der Waals surface area (Å²) in [7, 11) is 0. The summed E-state index contributed by atoms with van der Waals surface area (Å²) in [6.45, 7) is 6.90. The molecule has 2 saturated heterocycles. The Morgan fingerprint density at radius 1 is 0.804 bits per heavy atom. The molecular weight excluding hydrogens is 595 g/mol. The number of carbonyl (C=O) groups excluding carboxylic acids is 3. The molecule has 4 heterocycles. The van der Waals surface area contributed by atoms with Crippen molar-refractivity contribution >= 4 is 35.2 Å². The first-order valence-corrected chi connectivity index (χ1v) is 16.8. The van der Waals surface area contributed by atoms with E-state index in [1.807, 2.05) is 123 Å². The number of aliphatic hydroxyl groups excluding tert-OH is 1. The van der Waals surface area contributed by atoms with Gasteiger partial charge in [0.1, 0.15) is 6.04 Å². The normalized spacial score (nSPS) is 29.3. The van der Waals surface area contributed by atoms with E-state index >= 15 is 9.59 Å². The molecule has 3 aromatic rings. The van der Waals surface area contributed by atoms with E-state index in [2.05, 4.69) is 6.08 Å². The maximum absolute atomic E-state index is 15.1. The van der Waals surface area contributed by atoms with Crippen molar-refractivity contribution in [3.63, 3.8) is 0 Å². The number of carbonyl (C=O) groups is 3. The Morgan fingerprint density at radius 2 is 1.46 bits per heavy atom. The molecule has 0 radical (unpaired) electrons. The van der Waals surface area contributed by atoms with Crippen LogP contribution in [-0.2, 0) is 20.9 Å². The predicted octanol–water partition coefficient (Wildman–Crippen LogP) is 5.23. The molecular formula is C38H39N3O4S. The molecule has 3 aromatic carbocycles. The molecule has 4 aliphatic heterocycles. The van der Waals surface area contributed by atoms with Gasteiger partial charge in [0.25, 0.3) is 5.91 Å². The van der Waals surface area contributed by atoms with Crippen molar-refractivity contribution in [2.24, 2.45) is 11.8 Å². The van der Waals surface area contributed by atoms with Gasteiger partial charge in [0.15, 0.2) is 0 Å². The van der Waals surface area contributed by atoms with E-state index in [1.165, 1.54) is 0 Å². The molecule has 7 nitrogen and oxygen atoms in total. The summed E-state index contributed by atoms with van der Waals surface area (Å²) in [5, 5.41) is 10.9. The first-order chi connectivity index (χ1) is 22.2. The van der Waals surface area contributed by atoms with Gasteiger partial charge in [0.2, 0.25) is 11.8 Å². The van der Waals surface area contributed by atoms with Crippen molar-refractivity contribution in [3.05, 3.63) is 125 Å². The number of amides is 3. The Labute approximate surface area is 274 Å². The van der Waals surface area contributed by atoms with Crippen LogP contribution in [0.3, 0.4) is 0 Å². The van der Waals surface area contributed by atoms with Crippen molar-refractivity contribution in [1.82, 2.24) is 9.80 Å². The number of thioether (sulfide) groups is 1. The van der Waals surface area contributed by atoms with Crippen LogP contribution in [0.1, 0.15) is 35.2 Å². The number of aryl methyl sites for hydroxylation is 2. The quantitative estimate of drug-likeness (QED) is 0.377. The number of rotatable bonds is 6. The summed E-state index contributed by atoms with van der Waals surface area (Å²) in [6, 6.07) is 23.6. The Kier molecular flexibility index (Phi) is 7.68. The minimum absolute atomic E-state index is 0.0864. The highest BCUT2D eigenvalue weighted by molar-refractivity contribution is 8.02. The lowest BCUT2D eigenvalue weighted by atomic mass is 9.74. The lowest BCUT2D eigenvalue weighted by Crippen LogP contribution is -2.55. The number of hydrogen-bond donors (Lipinski definition) is 1. The van der Waals surface area contributed by atoms with Gasteiger partial charge in [-0.25, -0.2) is 0 Å². The topological polar surface area (TPSA) is 81.2 Å². The molecule has 1 spiro atoms. The third-order valence-corrected chi connectivity index (χ3v) is 12.0. The summed E-state index contributed by atoms with van der Waals surface area (Å²) in [5.41, 5.74) is 4.54. The molecule has 0 aromatic heterocycles. The minimum atomic E-state index is -1.02. The second-order valence-electron chi connectivity index (χ2n) is 13.1. The summed E-state index contributed by atoms with van der Waals surface area (Å²) < 4.78 is -1.73. The number of hydrogen-bond acceptors (Lipinski definition) is 5. The maximum atomic E-state index is 15.1. The zero-order chi connectivity index (χ0) is 32.2. The fourth-order valence-electron chi connectivity index (χ4n) is 8.25. The second-order valence-corrected chi connectivity index (χ2v) is 14.8. The van der Waals surface area contributed by atoms with Crippen LogP contribution in [0.25, 0.3) is 0 Å². The minimum Gasteiger partial charge on any atom is -0.394 e. The smallest absolute Gasteiger partial charge is 0.251 e. The molecule has 0 aliphatic carbocycles. The number of benzene rings is 3. The maximum Gasteiger partial charge on any atom is 0.251 e. The Bertz CT molecular complexity index is 1720. The van der Waals surface area contributed by atoms with Gasteiger partial charge in [-0.05, 0) is 43.0 Å². The Balaban J connectivity index is 1.38. The van der Waals surface area contributed by atoms with Gasteiger partial charge in [-0.15, -0.1) is 11.8 Å². The highest BCUT2D eigenvalue weighted by Crippen LogP contribution is 2.66. The Morgan fingerprint density at radius 3 is 2.13 bits per heavy atom. The standard InChI is InChI=1S/C38H39N3O4S/c1-25-13-10-14-26(2)32(25)40-22-12-20-38-31(35(44)41(33(38)36(40)45)29(24-42)28-17-8-5-9-18-28)30-34(43)39(21-11-19-37(30,3)46-38)23-27-15-6-4-7-16-27/h4-20,29-31,33,42H,21-24H2,1-3H3/t29-,30-,31+,33?,37+,38+/m1/s1. The molecule has 0 bridgehead atoms. The van der Waals surface area contributed by atoms with Gasteiger partial charge in [-0.2, -0.15) is 0 Å². The SMILES string of the molecule is Cc1cccc(C)c1N1CC=C[C@]23S[C@@]4(C)C=CCN(Cc5ccccc5)C(=O)[C@H]4[C@H]2C(=O)N([C@H](CO)c2ccccc2)C3C1=O.